The summed E-state index contributed by atoms with van der Waals surface area (Å²) in [7, 11) is -2.41. The van der Waals surface area contributed by atoms with Gasteiger partial charge >= 0.3 is 36.0 Å². The minimum Gasteiger partial charge on any atom is -0.547 e. The SMILES string of the molecule is CC(=O)OC[C@@](C)(C[C@@H](OC(=O)c1ccccc1)C(=O)[C@@H](C)C1=C(O[Si](C)(C)C)C[C@H]2[C@@H]3CC[C@H]4C[C@@H](OC(C)=O)CC[C@]4(C)[C@H]3C[C@@H](OC(C)=O)[C@]12C)OC(=O)C(F)(F)F. The van der Waals surface area contributed by atoms with Gasteiger partial charge in [0.15, 0.2) is 11.9 Å². The fourth-order valence-corrected chi connectivity index (χ4v) is 12.1. The Morgan fingerprint density at radius 3 is 2.08 bits per heavy atom. The molecule has 3 fully saturated rings. The van der Waals surface area contributed by atoms with E-state index >= 15 is 4.79 Å². The zero-order valence-electron chi connectivity index (χ0n) is 36.9. The summed E-state index contributed by atoms with van der Waals surface area (Å²) >= 11 is 0. The van der Waals surface area contributed by atoms with Gasteiger partial charge in [-0.15, -0.1) is 0 Å². The molecule has 338 valence electrons. The number of alkyl halides is 3. The minimum absolute atomic E-state index is 0.0519. The van der Waals surface area contributed by atoms with Gasteiger partial charge in [0, 0.05) is 44.9 Å². The van der Waals surface area contributed by atoms with Crippen LogP contribution in [0.4, 0.5) is 13.2 Å². The van der Waals surface area contributed by atoms with Crippen LogP contribution >= 0.6 is 0 Å². The molecule has 0 N–H and O–H groups in total. The molecule has 3 saturated carbocycles. The van der Waals surface area contributed by atoms with E-state index in [0.717, 1.165) is 39.5 Å². The number of Topliss-reactive ketones (excluding diaryl/α,β-unsaturated/α-hetero) is 1. The molecule has 12 nitrogen and oxygen atoms in total. The van der Waals surface area contributed by atoms with E-state index in [1.807, 2.05) is 26.6 Å². The van der Waals surface area contributed by atoms with E-state index in [4.69, 9.17) is 28.1 Å². The Morgan fingerprint density at radius 2 is 1.51 bits per heavy atom. The van der Waals surface area contributed by atoms with Gasteiger partial charge in [0.25, 0.3) is 0 Å². The average molecular weight is 879 g/mol. The van der Waals surface area contributed by atoms with Gasteiger partial charge in [0.1, 0.15) is 24.4 Å². The summed E-state index contributed by atoms with van der Waals surface area (Å²) < 4.78 is 75.6. The Bertz CT molecular complexity index is 1890. The maximum absolute atomic E-state index is 15.2. The lowest BCUT2D eigenvalue weighted by Crippen LogP contribution is -2.59. The van der Waals surface area contributed by atoms with Crippen molar-refractivity contribution in [3.8, 4) is 0 Å². The quantitative estimate of drug-likeness (QED) is 0.0999. The molecule has 4 aliphatic rings. The number of halogens is 3. The second-order valence-corrected chi connectivity index (χ2v) is 23.7. The Hall–Kier alpha value is -4.21. The molecule has 11 atom stereocenters. The van der Waals surface area contributed by atoms with Crippen LogP contribution in [0.15, 0.2) is 41.7 Å². The van der Waals surface area contributed by atoms with Crippen LogP contribution in [0, 0.1) is 40.4 Å². The fourth-order valence-electron chi connectivity index (χ4n) is 11.2. The molecule has 0 radical (unpaired) electrons. The molecule has 61 heavy (non-hydrogen) atoms. The Morgan fingerprint density at radius 1 is 0.869 bits per heavy atom. The van der Waals surface area contributed by atoms with Gasteiger partial charge in [0.2, 0.25) is 8.32 Å². The Kier molecular flexibility index (Phi) is 14.0. The third-order valence-electron chi connectivity index (χ3n) is 13.7. The summed E-state index contributed by atoms with van der Waals surface area (Å²) in [6, 6.07) is 7.69. The normalized spacial score (nSPS) is 30.5. The first-order valence-corrected chi connectivity index (χ1v) is 24.6. The van der Waals surface area contributed by atoms with E-state index in [1.54, 1.807) is 25.1 Å². The van der Waals surface area contributed by atoms with Crippen LogP contribution in [-0.2, 0) is 52.1 Å². The van der Waals surface area contributed by atoms with Crippen LogP contribution in [0.25, 0.3) is 0 Å². The highest BCUT2D eigenvalue weighted by molar-refractivity contribution is 6.70. The number of benzene rings is 1. The number of esters is 5. The molecule has 0 saturated heterocycles. The molecule has 16 heteroatoms. The van der Waals surface area contributed by atoms with E-state index < -0.39 is 86.3 Å². The zero-order valence-corrected chi connectivity index (χ0v) is 37.9. The molecular weight excluding hydrogens is 818 g/mol. The third kappa shape index (κ3) is 10.5. The summed E-state index contributed by atoms with van der Waals surface area (Å²) in [5, 5.41) is 0. The molecular formula is C45H61F3O12Si. The van der Waals surface area contributed by atoms with Crippen LogP contribution < -0.4 is 0 Å². The maximum atomic E-state index is 15.2. The average Bonchev–Trinajstić information content (AvgIpc) is 3.44. The molecule has 1 aromatic rings. The van der Waals surface area contributed by atoms with Gasteiger partial charge in [-0.25, -0.2) is 9.59 Å². The van der Waals surface area contributed by atoms with Gasteiger partial charge in [0.05, 0.1) is 11.3 Å². The maximum Gasteiger partial charge on any atom is 0.490 e. The molecule has 5 rings (SSSR count). The van der Waals surface area contributed by atoms with Crippen molar-refractivity contribution in [1.82, 2.24) is 0 Å². The number of hydrogen-bond acceptors (Lipinski definition) is 12. The number of carbonyl (C=O) groups is 6. The Balaban J connectivity index is 1.59. The van der Waals surface area contributed by atoms with Crippen LogP contribution in [-0.4, -0.2) is 80.6 Å². The Labute approximate surface area is 357 Å². The number of hydrogen-bond donors (Lipinski definition) is 0. The van der Waals surface area contributed by atoms with E-state index in [9.17, 15) is 37.1 Å². The van der Waals surface area contributed by atoms with E-state index in [0.29, 0.717) is 30.6 Å². The van der Waals surface area contributed by atoms with Crippen molar-refractivity contribution >= 4 is 43.9 Å². The molecule has 1 aromatic carbocycles. The highest BCUT2D eigenvalue weighted by atomic mass is 28.4. The van der Waals surface area contributed by atoms with Crippen molar-refractivity contribution in [3.05, 3.63) is 47.2 Å². The third-order valence-corrected chi connectivity index (χ3v) is 14.5. The molecule has 0 aliphatic heterocycles. The first-order valence-electron chi connectivity index (χ1n) is 21.2. The summed E-state index contributed by atoms with van der Waals surface area (Å²) in [5.74, 6) is -6.13. The lowest BCUT2D eigenvalue weighted by Gasteiger charge is -2.62. The molecule has 0 unspecified atom stereocenters. The second kappa shape index (κ2) is 17.9. The number of ether oxygens (including phenoxy) is 5. The summed E-state index contributed by atoms with van der Waals surface area (Å²) in [6.45, 7) is 15.9. The number of allylic oxidation sites excluding steroid dienone is 1. The van der Waals surface area contributed by atoms with Crippen LogP contribution in [0.3, 0.4) is 0 Å². The highest BCUT2D eigenvalue weighted by Gasteiger charge is 2.66. The second-order valence-electron chi connectivity index (χ2n) is 19.2. The monoisotopic (exact) mass is 878 g/mol. The molecule has 0 spiro atoms. The first kappa shape index (κ1) is 47.8. The summed E-state index contributed by atoms with van der Waals surface area (Å²) in [5.41, 5.74) is -2.79. The predicted octanol–water partition coefficient (Wildman–Crippen LogP) is 8.47. The number of fused-ring (bicyclic) bond motifs is 5. The van der Waals surface area contributed by atoms with Crippen molar-refractivity contribution in [2.24, 2.45) is 40.4 Å². The van der Waals surface area contributed by atoms with Gasteiger partial charge in [-0.3, -0.25) is 19.2 Å². The smallest absolute Gasteiger partial charge is 0.490 e. The van der Waals surface area contributed by atoms with Crippen molar-refractivity contribution in [2.45, 2.75) is 150 Å². The largest absolute Gasteiger partial charge is 0.547 e. The van der Waals surface area contributed by atoms with Gasteiger partial charge < -0.3 is 28.1 Å². The fraction of sp³-hybridized carbons (Fsp3) is 0.689. The lowest BCUT2D eigenvalue weighted by atomic mass is 9.43. The van der Waals surface area contributed by atoms with Crippen LogP contribution in [0.1, 0.15) is 110 Å². The molecule has 0 amide bonds. The summed E-state index contributed by atoms with van der Waals surface area (Å²) in [4.78, 5) is 78.0. The van der Waals surface area contributed by atoms with Gasteiger partial charge in [-0.1, -0.05) is 39.0 Å². The number of ketones is 1. The number of carbonyl (C=O) groups excluding carboxylic acids is 6. The topological polar surface area (TPSA) is 158 Å². The molecule has 0 heterocycles. The van der Waals surface area contributed by atoms with Crippen molar-refractivity contribution in [1.29, 1.82) is 0 Å². The van der Waals surface area contributed by atoms with Gasteiger partial charge in [-0.2, -0.15) is 13.2 Å². The first-order chi connectivity index (χ1) is 28.2. The van der Waals surface area contributed by atoms with Crippen molar-refractivity contribution in [3.63, 3.8) is 0 Å². The van der Waals surface area contributed by atoms with Crippen LogP contribution in [0.2, 0.25) is 19.6 Å². The standard InChI is InChI=1S/C45H61F3O12Si/c1-25(39(52)36(58-40(53)29-14-12-11-13-15-29)23-42(5,24-55-26(2)49)59-41(54)45(46,47)48)38-35(60-61(8,9)10)21-34-32-17-16-30-20-31(56-27(3)50)18-19-43(30,6)33(32)22-37(44(34,38)7)57-28(4)51/h11-15,25,30-34,36-37H,16-24H2,1-10H3/t25-,30-,31-,32+,33-,34-,36+,37+,42+,43-,44+/m0/s1. The van der Waals surface area contributed by atoms with Crippen molar-refractivity contribution in [2.75, 3.05) is 6.61 Å². The number of rotatable bonds is 14. The highest BCUT2D eigenvalue weighted by Crippen LogP contribution is 2.69. The van der Waals surface area contributed by atoms with E-state index in [1.165, 1.54) is 26.0 Å². The molecule has 0 bridgehead atoms. The lowest BCUT2D eigenvalue weighted by molar-refractivity contribution is -0.219. The van der Waals surface area contributed by atoms with E-state index in [2.05, 4.69) is 6.92 Å². The van der Waals surface area contributed by atoms with Crippen LogP contribution in [0.5, 0.6) is 0 Å². The predicted molar refractivity (Wildman–Crippen MR) is 217 cm³/mol. The minimum atomic E-state index is -5.44. The molecule has 0 aromatic heterocycles. The molecule has 4 aliphatic carbocycles. The van der Waals surface area contributed by atoms with Crippen molar-refractivity contribution < 1.29 is 70.0 Å². The van der Waals surface area contributed by atoms with E-state index in [-0.39, 0.29) is 46.7 Å². The van der Waals surface area contributed by atoms with Gasteiger partial charge in [-0.05, 0) is 112 Å². The summed E-state index contributed by atoms with van der Waals surface area (Å²) in [6.07, 6.45) is -3.98. The zero-order chi connectivity index (χ0) is 45.5.